The molecule has 0 bridgehead atoms. The molecule has 1 N–H and O–H groups in total. The van der Waals surface area contributed by atoms with E-state index in [2.05, 4.69) is 20.9 Å². The Morgan fingerprint density at radius 3 is 2.85 bits per heavy atom. The smallest absolute Gasteiger partial charge is 0.167 e. The fourth-order valence-corrected chi connectivity index (χ4v) is 1.96. The summed E-state index contributed by atoms with van der Waals surface area (Å²) in [5.74, 6) is 0. The van der Waals surface area contributed by atoms with E-state index in [0.29, 0.717) is 5.69 Å². The Balaban J connectivity index is 2.91. The van der Waals surface area contributed by atoms with Gasteiger partial charge in [-0.05, 0) is 28.4 Å². The molecule has 2 rings (SSSR count). The highest BCUT2D eigenvalue weighted by atomic mass is 79.9. The number of rotatable bonds is 1. The summed E-state index contributed by atoms with van der Waals surface area (Å²) in [6.45, 7) is 2.01. The minimum absolute atomic E-state index is 0.601. The minimum Gasteiger partial charge on any atom is -0.351 e. The van der Waals surface area contributed by atoms with Gasteiger partial charge in [-0.15, -0.1) is 0 Å². The summed E-state index contributed by atoms with van der Waals surface area (Å²) in [4.78, 5) is 13.7. The van der Waals surface area contributed by atoms with Gasteiger partial charge >= 0.3 is 0 Å². The summed E-state index contributed by atoms with van der Waals surface area (Å²) in [6, 6.07) is 5.97. The molecule has 0 radical (unpaired) electrons. The molecule has 1 heterocycles. The molecular formula is C10H8BrNO. The number of aromatic nitrogens is 1. The number of carbonyl (C=O) groups is 1. The predicted octanol–water partition coefficient (Wildman–Crippen LogP) is 3.05. The van der Waals surface area contributed by atoms with Crippen LogP contribution in [0.1, 0.15) is 16.1 Å². The first-order valence-electron chi connectivity index (χ1n) is 3.96. The molecule has 0 aliphatic rings. The quantitative estimate of drug-likeness (QED) is 0.761. The number of aldehydes is 1. The van der Waals surface area contributed by atoms with Crippen molar-refractivity contribution in [1.82, 2.24) is 4.98 Å². The van der Waals surface area contributed by atoms with Crippen LogP contribution < -0.4 is 0 Å². The van der Waals surface area contributed by atoms with Crippen molar-refractivity contribution in [1.29, 1.82) is 0 Å². The molecule has 66 valence electrons. The van der Waals surface area contributed by atoms with E-state index in [-0.39, 0.29) is 0 Å². The summed E-state index contributed by atoms with van der Waals surface area (Å²) < 4.78 is 0.848. The highest BCUT2D eigenvalue weighted by Gasteiger charge is 2.08. The van der Waals surface area contributed by atoms with E-state index in [4.69, 9.17) is 0 Å². The van der Waals surface area contributed by atoms with Crippen LogP contribution in [0.4, 0.5) is 0 Å². The van der Waals surface area contributed by atoms with Crippen molar-refractivity contribution < 1.29 is 4.79 Å². The topological polar surface area (TPSA) is 32.9 Å². The van der Waals surface area contributed by atoms with Crippen LogP contribution in [-0.4, -0.2) is 11.3 Å². The number of halogens is 1. The third-order valence-corrected chi connectivity index (χ3v) is 2.98. The molecule has 0 aliphatic heterocycles. The highest BCUT2D eigenvalue weighted by molar-refractivity contribution is 9.10. The largest absolute Gasteiger partial charge is 0.351 e. The fourth-order valence-electron chi connectivity index (χ4n) is 1.43. The van der Waals surface area contributed by atoms with Crippen LogP contribution in [0, 0.1) is 6.92 Å². The zero-order valence-electron chi connectivity index (χ0n) is 7.10. The molecule has 1 aromatic carbocycles. The number of aryl methyl sites for hydroxylation is 1. The molecule has 2 nitrogen and oxygen atoms in total. The van der Waals surface area contributed by atoms with Gasteiger partial charge in [0.1, 0.15) is 0 Å². The number of nitrogens with one attached hydrogen (secondary N) is 1. The molecule has 0 saturated carbocycles. The SMILES string of the molecule is Cc1cccc2c(Br)c(C=O)[nH]c12. The van der Waals surface area contributed by atoms with E-state index in [1.807, 2.05) is 25.1 Å². The Kier molecular flexibility index (Phi) is 1.96. The maximum absolute atomic E-state index is 10.6. The van der Waals surface area contributed by atoms with E-state index in [0.717, 1.165) is 27.2 Å². The Bertz CT molecular complexity index is 473. The van der Waals surface area contributed by atoms with Crippen molar-refractivity contribution in [2.45, 2.75) is 6.92 Å². The first-order chi connectivity index (χ1) is 6.24. The van der Waals surface area contributed by atoms with Crippen LogP contribution in [0.3, 0.4) is 0 Å². The van der Waals surface area contributed by atoms with Crippen LogP contribution in [0.25, 0.3) is 10.9 Å². The molecule has 0 fully saturated rings. The number of hydrogen-bond donors (Lipinski definition) is 1. The van der Waals surface area contributed by atoms with Gasteiger partial charge in [0.2, 0.25) is 0 Å². The van der Waals surface area contributed by atoms with Crippen LogP contribution in [0.15, 0.2) is 22.7 Å². The molecule has 1 aromatic heterocycles. The van der Waals surface area contributed by atoms with Gasteiger partial charge in [-0.1, -0.05) is 18.2 Å². The number of para-hydroxylation sites is 1. The van der Waals surface area contributed by atoms with Gasteiger partial charge in [0.05, 0.1) is 15.7 Å². The number of fused-ring (bicyclic) bond motifs is 1. The zero-order valence-corrected chi connectivity index (χ0v) is 8.68. The van der Waals surface area contributed by atoms with Gasteiger partial charge in [-0.25, -0.2) is 0 Å². The van der Waals surface area contributed by atoms with Gasteiger partial charge in [0.15, 0.2) is 6.29 Å². The molecule has 0 unspecified atom stereocenters. The summed E-state index contributed by atoms with van der Waals surface area (Å²) >= 11 is 3.38. The number of benzene rings is 1. The maximum Gasteiger partial charge on any atom is 0.167 e. The first-order valence-corrected chi connectivity index (χ1v) is 4.75. The van der Waals surface area contributed by atoms with Crippen molar-refractivity contribution in [2.24, 2.45) is 0 Å². The van der Waals surface area contributed by atoms with Crippen molar-refractivity contribution in [3.05, 3.63) is 33.9 Å². The zero-order chi connectivity index (χ0) is 9.42. The van der Waals surface area contributed by atoms with Gasteiger partial charge in [0, 0.05) is 5.39 Å². The summed E-state index contributed by atoms with van der Waals surface area (Å²) in [5, 5.41) is 1.06. The molecule has 0 atom stereocenters. The van der Waals surface area contributed by atoms with E-state index >= 15 is 0 Å². The van der Waals surface area contributed by atoms with Crippen molar-refractivity contribution in [3.8, 4) is 0 Å². The average molecular weight is 238 g/mol. The lowest BCUT2D eigenvalue weighted by Gasteiger charge is -1.93. The van der Waals surface area contributed by atoms with E-state index in [1.165, 1.54) is 0 Å². The van der Waals surface area contributed by atoms with Crippen LogP contribution in [0.5, 0.6) is 0 Å². The van der Waals surface area contributed by atoms with Gasteiger partial charge in [-0.3, -0.25) is 4.79 Å². The number of hydrogen-bond acceptors (Lipinski definition) is 1. The fraction of sp³-hybridized carbons (Fsp3) is 0.100. The Labute approximate surface area is 84.1 Å². The first kappa shape index (κ1) is 8.51. The second kappa shape index (κ2) is 3.00. The second-order valence-electron chi connectivity index (χ2n) is 2.97. The van der Waals surface area contributed by atoms with E-state index < -0.39 is 0 Å². The maximum atomic E-state index is 10.6. The summed E-state index contributed by atoms with van der Waals surface area (Å²) in [6.07, 6.45) is 0.823. The molecular weight excluding hydrogens is 230 g/mol. The van der Waals surface area contributed by atoms with Crippen molar-refractivity contribution in [3.63, 3.8) is 0 Å². The van der Waals surface area contributed by atoms with E-state index in [1.54, 1.807) is 0 Å². The normalized spacial score (nSPS) is 10.6. The number of H-pyrrole nitrogens is 1. The summed E-state index contributed by atoms with van der Waals surface area (Å²) in [7, 11) is 0. The lowest BCUT2D eigenvalue weighted by atomic mass is 10.2. The molecule has 0 amide bonds. The molecule has 2 aromatic rings. The lowest BCUT2D eigenvalue weighted by Crippen LogP contribution is -1.78. The summed E-state index contributed by atoms with van der Waals surface area (Å²) in [5.41, 5.74) is 2.77. The highest BCUT2D eigenvalue weighted by Crippen LogP contribution is 2.28. The third kappa shape index (κ3) is 1.20. The average Bonchev–Trinajstić information content (AvgIpc) is 2.45. The third-order valence-electron chi connectivity index (χ3n) is 2.12. The number of aromatic amines is 1. The van der Waals surface area contributed by atoms with Gasteiger partial charge < -0.3 is 4.98 Å². The van der Waals surface area contributed by atoms with Gasteiger partial charge in [-0.2, -0.15) is 0 Å². The standard InChI is InChI=1S/C10H8BrNO/c1-6-3-2-4-7-9(11)8(5-13)12-10(6)7/h2-5,12H,1H3. The molecule has 0 spiro atoms. The Morgan fingerprint density at radius 1 is 1.46 bits per heavy atom. The van der Waals surface area contributed by atoms with Gasteiger partial charge in [0.25, 0.3) is 0 Å². The predicted molar refractivity (Wildman–Crippen MR) is 56.1 cm³/mol. The molecule has 3 heteroatoms. The Hall–Kier alpha value is -1.09. The Morgan fingerprint density at radius 2 is 2.23 bits per heavy atom. The monoisotopic (exact) mass is 237 g/mol. The van der Waals surface area contributed by atoms with E-state index in [9.17, 15) is 4.79 Å². The molecule has 13 heavy (non-hydrogen) atoms. The van der Waals surface area contributed by atoms with Crippen LogP contribution in [-0.2, 0) is 0 Å². The molecule has 0 aliphatic carbocycles. The minimum atomic E-state index is 0.601. The van der Waals surface area contributed by atoms with Crippen molar-refractivity contribution in [2.75, 3.05) is 0 Å². The second-order valence-corrected chi connectivity index (χ2v) is 3.76. The van der Waals surface area contributed by atoms with Crippen LogP contribution in [0.2, 0.25) is 0 Å². The number of carbonyl (C=O) groups excluding carboxylic acids is 1. The molecule has 0 saturated heterocycles. The lowest BCUT2D eigenvalue weighted by molar-refractivity contribution is 0.111. The van der Waals surface area contributed by atoms with Crippen LogP contribution >= 0.6 is 15.9 Å². The van der Waals surface area contributed by atoms with Crippen molar-refractivity contribution >= 4 is 33.1 Å².